The number of thiophene rings is 1. The number of nitrogens with one attached hydrogen (secondary N) is 1. The normalized spacial score (nSPS) is 13.0. The van der Waals surface area contributed by atoms with Crippen molar-refractivity contribution >= 4 is 40.2 Å². The predicted octanol–water partition coefficient (Wildman–Crippen LogP) is 5.41. The van der Waals surface area contributed by atoms with Crippen LogP contribution in [0.1, 0.15) is 33.3 Å². The molecule has 4 rings (SSSR count). The number of hydrogen-bond acceptors (Lipinski definition) is 6. The van der Waals surface area contributed by atoms with Gasteiger partial charge in [-0.25, -0.2) is 14.2 Å². The van der Waals surface area contributed by atoms with Gasteiger partial charge in [-0.3, -0.25) is 4.79 Å². The van der Waals surface area contributed by atoms with Gasteiger partial charge in [0.25, 0.3) is 5.91 Å². The lowest BCUT2D eigenvalue weighted by Crippen LogP contribution is -2.36. The third-order valence-corrected chi connectivity index (χ3v) is 6.50. The molecule has 0 fully saturated rings. The van der Waals surface area contributed by atoms with E-state index in [1.165, 1.54) is 30.7 Å². The minimum Gasteiger partial charge on any atom is -0.495 e. The second kappa shape index (κ2) is 10.5. The van der Waals surface area contributed by atoms with Crippen LogP contribution in [0.2, 0.25) is 0 Å². The molecule has 1 aliphatic rings. The van der Waals surface area contributed by atoms with Gasteiger partial charge < -0.3 is 19.7 Å². The van der Waals surface area contributed by atoms with E-state index in [0.29, 0.717) is 47.1 Å². The molecule has 1 aliphatic heterocycles. The first kappa shape index (κ1) is 23.4. The van der Waals surface area contributed by atoms with Gasteiger partial charge >= 0.3 is 6.09 Å². The van der Waals surface area contributed by atoms with Crippen molar-refractivity contribution in [2.75, 3.05) is 25.6 Å². The van der Waals surface area contributed by atoms with Crippen LogP contribution < -0.4 is 10.1 Å². The van der Waals surface area contributed by atoms with Gasteiger partial charge in [-0.1, -0.05) is 30.3 Å². The second-order valence-electron chi connectivity index (χ2n) is 7.49. The Labute approximate surface area is 200 Å². The molecular weight excluding hydrogens is 457 g/mol. The van der Waals surface area contributed by atoms with Crippen LogP contribution in [0.5, 0.6) is 5.75 Å². The third-order valence-electron chi connectivity index (χ3n) is 5.37. The predicted molar refractivity (Wildman–Crippen MR) is 130 cm³/mol. The second-order valence-corrected chi connectivity index (χ2v) is 8.57. The number of carbonyl (C=O) groups is 2. The topological polar surface area (TPSA) is 80.2 Å². The Hall–Kier alpha value is -3.72. The van der Waals surface area contributed by atoms with E-state index in [2.05, 4.69) is 10.3 Å². The molecule has 0 unspecified atom stereocenters. The van der Waals surface area contributed by atoms with Gasteiger partial charge in [-0.2, -0.15) is 0 Å². The highest BCUT2D eigenvalue weighted by atomic mass is 32.1. The zero-order chi connectivity index (χ0) is 24.1. The third kappa shape index (κ3) is 4.94. The van der Waals surface area contributed by atoms with E-state index in [1.54, 1.807) is 48.2 Å². The average Bonchev–Trinajstić information content (AvgIpc) is 3.21. The van der Waals surface area contributed by atoms with Crippen molar-refractivity contribution in [3.05, 3.63) is 75.9 Å². The molecule has 1 aromatic heterocycles. The van der Waals surface area contributed by atoms with E-state index < -0.39 is 11.9 Å². The Morgan fingerprint density at radius 1 is 1.21 bits per heavy atom. The van der Waals surface area contributed by atoms with Crippen molar-refractivity contribution in [2.45, 2.75) is 19.9 Å². The van der Waals surface area contributed by atoms with E-state index in [-0.39, 0.29) is 12.5 Å². The summed E-state index contributed by atoms with van der Waals surface area (Å²) in [6.45, 7) is 2.79. The standard InChI is InChI=1S/C25H24FN3O4S/c1-3-33-25(31)29-13-12-17-21(15-29)34-24(27-14-16-8-4-5-9-18(16)26)22(17)23(30)28-19-10-6-7-11-20(19)32-2/h4-11,14H,3,12-13,15H2,1-2H3,(H,28,30)/b27-14+. The molecule has 0 aliphatic carbocycles. The van der Waals surface area contributed by atoms with Crippen LogP contribution in [0.15, 0.2) is 53.5 Å². The number of halogens is 1. The van der Waals surface area contributed by atoms with E-state index >= 15 is 0 Å². The quantitative estimate of drug-likeness (QED) is 0.477. The molecule has 0 spiro atoms. The number of anilines is 1. The molecule has 0 radical (unpaired) electrons. The number of para-hydroxylation sites is 2. The van der Waals surface area contributed by atoms with Gasteiger partial charge in [0.15, 0.2) is 0 Å². The van der Waals surface area contributed by atoms with Gasteiger partial charge in [-0.15, -0.1) is 11.3 Å². The minimum absolute atomic E-state index is 0.289. The Morgan fingerprint density at radius 2 is 1.97 bits per heavy atom. The van der Waals surface area contributed by atoms with Crippen LogP contribution >= 0.6 is 11.3 Å². The van der Waals surface area contributed by atoms with E-state index in [0.717, 1.165) is 10.4 Å². The van der Waals surface area contributed by atoms with E-state index in [4.69, 9.17) is 9.47 Å². The van der Waals surface area contributed by atoms with Crippen molar-refractivity contribution in [3.63, 3.8) is 0 Å². The molecule has 2 amide bonds. The first-order valence-corrected chi connectivity index (χ1v) is 11.6. The monoisotopic (exact) mass is 481 g/mol. The maximum absolute atomic E-state index is 14.1. The number of amides is 2. The number of fused-ring (bicyclic) bond motifs is 1. The summed E-state index contributed by atoms with van der Waals surface area (Å²) in [4.78, 5) is 32.6. The summed E-state index contributed by atoms with van der Waals surface area (Å²) >= 11 is 1.31. The molecule has 0 saturated carbocycles. The van der Waals surface area contributed by atoms with Crippen molar-refractivity contribution in [2.24, 2.45) is 4.99 Å². The maximum Gasteiger partial charge on any atom is 0.410 e. The largest absolute Gasteiger partial charge is 0.495 e. The summed E-state index contributed by atoms with van der Waals surface area (Å²) in [6.07, 6.45) is 1.50. The molecule has 7 nitrogen and oxygen atoms in total. The SMILES string of the molecule is CCOC(=O)N1CCc2c(sc(/N=C/c3ccccc3F)c2C(=O)Nc2ccccc2OC)C1. The highest BCUT2D eigenvalue weighted by Crippen LogP contribution is 2.40. The highest BCUT2D eigenvalue weighted by Gasteiger charge is 2.30. The lowest BCUT2D eigenvalue weighted by atomic mass is 10.0. The summed E-state index contributed by atoms with van der Waals surface area (Å²) in [5.74, 6) is -0.210. The molecule has 2 heterocycles. The van der Waals surface area contributed by atoms with Gasteiger partial charge in [0.2, 0.25) is 0 Å². The molecule has 0 bridgehead atoms. The number of nitrogens with zero attached hydrogens (tertiary/aromatic N) is 2. The van der Waals surface area contributed by atoms with Crippen LogP contribution in [-0.4, -0.2) is 43.4 Å². The first-order valence-electron chi connectivity index (χ1n) is 10.8. The number of ether oxygens (including phenoxy) is 2. The van der Waals surface area contributed by atoms with E-state index in [9.17, 15) is 14.0 Å². The number of rotatable bonds is 6. The van der Waals surface area contributed by atoms with Crippen molar-refractivity contribution in [1.29, 1.82) is 0 Å². The van der Waals surface area contributed by atoms with Crippen molar-refractivity contribution < 1.29 is 23.5 Å². The molecular formula is C25H24FN3O4S. The van der Waals surface area contributed by atoms with Gasteiger partial charge in [0.05, 0.1) is 31.5 Å². The molecule has 9 heteroatoms. The van der Waals surface area contributed by atoms with Crippen molar-refractivity contribution in [3.8, 4) is 5.75 Å². The number of benzene rings is 2. The van der Waals surface area contributed by atoms with E-state index in [1.807, 2.05) is 6.07 Å². The molecule has 1 N–H and O–H groups in total. The van der Waals surface area contributed by atoms with Gasteiger partial charge in [0.1, 0.15) is 16.6 Å². The molecule has 2 aromatic carbocycles. The molecule has 0 saturated heterocycles. The summed E-state index contributed by atoms with van der Waals surface area (Å²) < 4.78 is 24.6. The zero-order valence-electron chi connectivity index (χ0n) is 18.8. The Morgan fingerprint density at radius 3 is 2.74 bits per heavy atom. The average molecular weight is 482 g/mol. The number of methoxy groups -OCH3 is 1. The molecule has 3 aromatic rings. The fraction of sp³-hybridized carbons (Fsp3) is 0.240. The highest BCUT2D eigenvalue weighted by molar-refractivity contribution is 7.16. The molecule has 176 valence electrons. The summed E-state index contributed by atoms with van der Waals surface area (Å²) in [7, 11) is 1.53. The summed E-state index contributed by atoms with van der Waals surface area (Å²) in [5.41, 5.74) is 2.10. The Kier molecular flexibility index (Phi) is 7.22. The lowest BCUT2D eigenvalue weighted by molar-refractivity contribution is 0.102. The Balaban J connectivity index is 1.70. The summed E-state index contributed by atoms with van der Waals surface area (Å²) in [5, 5.41) is 3.36. The fourth-order valence-electron chi connectivity index (χ4n) is 3.73. The number of carbonyl (C=O) groups excluding carboxylic acids is 2. The minimum atomic E-state index is -0.402. The van der Waals surface area contributed by atoms with Crippen LogP contribution in [0.25, 0.3) is 0 Å². The number of hydrogen-bond donors (Lipinski definition) is 1. The van der Waals surface area contributed by atoms with Crippen LogP contribution in [0.4, 0.5) is 19.9 Å². The first-order chi connectivity index (χ1) is 16.5. The van der Waals surface area contributed by atoms with Crippen molar-refractivity contribution in [1.82, 2.24) is 4.90 Å². The van der Waals surface area contributed by atoms with Gasteiger partial charge in [0, 0.05) is 23.2 Å². The zero-order valence-corrected chi connectivity index (χ0v) is 19.7. The van der Waals surface area contributed by atoms with Gasteiger partial charge in [-0.05, 0) is 37.1 Å². The molecule has 34 heavy (non-hydrogen) atoms. The molecule has 0 atom stereocenters. The van der Waals surface area contributed by atoms with Crippen LogP contribution in [0, 0.1) is 5.82 Å². The maximum atomic E-state index is 14.1. The Bertz CT molecular complexity index is 1240. The van der Waals surface area contributed by atoms with Crippen LogP contribution in [-0.2, 0) is 17.7 Å². The number of aliphatic imine (C=N–C) groups is 1. The van der Waals surface area contributed by atoms with Crippen LogP contribution in [0.3, 0.4) is 0 Å². The fourth-order valence-corrected chi connectivity index (χ4v) is 4.93. The lowest BCUT2D eigenvalue weighted by Gasteiger charge is -2.26. The smallest absolute Gasteiger partial charge is 0.410 e. The summed E-state index contributed by atoms with van der Waals surface area (Å²) in [6, 6.07) is 13.4.